The van der Waals surface area contributed by atoms with Gasteiger partial charge in [-0.25, -0.2) is 4.98 Å². The fourth-order valence-corrected chi connectivity index (χ4v) is 3.81. The largest absolute Gasteiger partial charge is 0.351 e. The molecule has 0 fully saturated rings. The van der Waals surface area contributed by atoms with Crippen LogP contribution in [-0.2, 0) is 26.6 Å². The van der Waals surface area contributed by atoms with Crippen LogP contribution in [0.4, 0.5) is 0 Å². The van der Waals surface area contributed by atoms with Gasteiger partial charge in [0.2, 0.25) is 0 Å². The van der Waals surface area contributed by atoms with Gasteiger partial charge in [0.05, 0.1) is 23.1 Å². The summed E-state index contributed by atoms with van der Waals surface area (Å²) in [5, 5.41) is 5.36. The van der Waals surface area contributed by atoms with E-state index in [2.05, 4.69) is 34.0 Å². The zero-order valence-corrected chi connectivity index (χ0v) is 16.6. The predicted molar refractivity (Wildman–Crippen MR) is 103 cm³/mol. The average Bonchev–Trinajstić information content (AvgIpc) is 3.05. The van der Waals surface area contributed by atoms with Gasteiger partial charge in [-0.3, -0.25) is 4.99 Å². The molecule has 0 aliphatic rings. The maximum Gasteiger partial charge on any atom is 0.194 e. The molecule has 0 saturated heterocycles. The number of nitrogens with one attached hydrogen (secondary N) is 1. The Morgan fingerprint density at radius 3 is 2.83 bits per heavy atom. The quantitative estimate of drug-likeness (QED) is 0.627. The second kappa shape index (κ2) is 8.53. The van der Waals surface area contributed by atoms with Crippen molar-refractivity contribution in [2.75, 3.05) is 14.1 Å². The van der Waals surface area contributed by atoms with Crippen LogP contribution in [0.1, 0.15) is 29.4 Å². The highest BCUT2D eigenvalue weighted by Gasteiger charge is 2.11. The van der Waals surface area contributed by atoms with Crippen LogP contribution in [0, 0.1) is 5.92 Å². The van der Waals surface area contributed by atoms with Gasteiger partial charge in [-0.15, -0.1) is 11.3 Å². The van der Waals surface area contributed by atoms with Crippen molar-refractivity contribution in [3.63, 3.8) is 0 Å². The van der Waals surface area contributed by atoms with Crippen molar-refractivity contribution in [2.24, 2.45) is 18.0 Å². The van der Waals surface area contributed by atoms with Gasteiger partial charge >= 0.3 is 0 Å². The van der Waals surface area contributed by atoms with Gasteiger partial charge in [-0.1, -0.05) is 25.4 Å². The number of aryl methyl sites for hydroxylation is 1. The molecule has 0 radical (unpaired) electrons. The van der Waals surface area contributed by atoms with Crippen LogP contribution in [0.15, 0.2) is 23.5 Å². The molecule has 2 heterocycles. The summed E-state index contributed by atoms with van der Waals surface area (Å²) >= 11 is 7.82. The smallest absolute Gasteiger partial charge is 0.194 e. The molecule has 2 aromatic heterocycles. The number of hydrogen-bond donors (Lipinski definition) is 1. The van der Waals surface area contributed by atoms with Crippen LogP contribution in [0.25, 0.3) is 0 Å². The zero-order valence-electron chi connectivity index (χ0n) is 15.0. The molecule has 132 valence electrons. The average molecular weight is 368 g/mol. The molecule has 2 aromatic rings. The molecule has 0 unspecified atom stereocenters. The molecule has 0 amide bonds. The minimum absolute atomic E-state index is 0.632. The third-order valence-corrected chi connectivity index (χ3v) is 4.88. The Labute approximate surface area is 153 Å². The number of guanidine groups is 1. The summed E-state index contributed by atoms with van der Waals surface area (Å²) in [6.07, 6.45) is 4.90. The lowest BCUT2D eigenvalue weighted by molar-refractivity contribution is 0.462. The molecule has 24 heavy (non-hydrogen) atoms. The maximum atomic E-state index is 6.05. The minimum atomic E-state index is 0.632. The van der Waals surface area contributed by atoms with E-state index in [0.717, 1.165) is 36.2 Å². The Hall–Kier alpha value is -1.53. The molecule has 0 bridgehead atoms. The van der Waals surface area contributed by atoms with Gasteiger partial charge in [-0.05, 0) is 12.0 Å². The van der Waals surface area contributed by atoms with E-state index in [0.29, 0.717) is 5.92 Å². The van der Waals surface area contributed by atoms with Crippen LogP contribution in [0.5, 0.6) is 0 Å². The van der Waals surface area contributed by atoms with E-state index < -0.39 is 0 Å². The molecule has 1 N–H and O–H groups in total. The Balaban J connectivity index is 1.92. The first kappa shape index (κ1) is 18.8. The molecular formula is C17H26ClN5S. The van der Waals surface area contributed by atoms with Crippen molar-refractivity contribution in [3.05, 3.63) is 39.1 Å². The van der Waals surface area contributed by atoms with E-state index >= 15 is 0 Å². The minimum Gasteiger partial charge on any atom is -0.351 e. The Bertz CT molecular complexity index is 689. The van der Waals surface area contributed by atoms with E-state index in [-0.39, 0.29) is 0 Å². The Morgan fingerprint density at radius 1 is 1.50 bits per heavy atom. The van der Waals surface area contributed by atoms with E-state index in [1.807, 2.05) is 37.1 Å². The highest BCUT2D eigenvalue weighted by molar-refractivity contribution is 7.11. The lowest BCUT2D eigenvalue weighted by atomic mass is 10.1. The fraction of sp³-hybridized carbons (Fsp3) is 0.529. The number of nitrogens with zero attached hydrogens (tertiary/aromatic N) is 4. The first-order valence-electron chi connectivity index (χ1n) is 8.05. The molecule has 5 nitrogen and oxygen atoms in total. The van der Waals surface area contributed by atoms with Gasteiger partial charge in [0.25, 0.3) is 0 Å². The van der Waals surface area contributed by atoms with Crippen LogP contribution in [0.2, 0.25) is 5.02 Å². The number of halogens is 1. The molecule has 2 rings (SSSR count). The van der Waals surface area contributed by atoms with Crippen molar-refractivity contribution in [1.82, 2.24) is 19.8 Å². The van der Waals surface area contributed by atoms with Crippen molar-refractivity contribution in [1.29, 1.82) is 0 Å². The summed E-state index contributed by atoms with van der Waals surface area (Å²) in [6, 6.07) is 1.98. The van der Waals surface area contributed by atoms with Gasteiger partial charge in [0.1, 0.15) is 0 Å². The molecule has 0 aromatic carbocycles. The van der Waals surface area contributed by atoms with Crippen molar-refractivity contribution in [2.45, 2.75) is 33.4 Å². The molecule has 0 aliphatic carbocycles. The van der Waals surface area contributed by atoms with Gasteiger partial charge in [-0.2, -0.15) is 0 Å². The zero-order chi connectivity index (χ0) is 17.7. The Morgan fingerprint density at radius 2 is 2.25 bits per heavy atom. The Kier molecular flexibility index (Phi) is 6.69. The third kappa shape index (κ3) is 5.24. The molecular weight excluding hydrogens is 342 g/mol. The van der Waals surface area contributed by atoms with Crippen molar-refractivity contribution >= 4 is 28.9 Å². The summed E-state index contributed by atoms with van der Waals surface area (Å²) < 4.78 is 2.04. The normalized spacial score (nSPS) is 12.0. The molecule has 0 saturated carbocycles. The molecule has 0 atom stereocenters. The summed E-state index contributed by atoms with van der Waals surface area (Å²) in [4.78, 5) is 12.2. The monoisotopic (exact) mass is 367 g/mol. The van der Waals surface area contributed by atoms with Gasteiger partial charge in [0, 0.05) is 50.5 Å². The summed E-state index contributed by atoms with van der Waals surface area (Å²) in [6.45, 7) is 5.91. The number of aromatic nitrogens is 2. The number of hydrogen-bond acceptors (Lipinski definition) is 3. The lowest BCUT2D eigenvalue weighted by Crippen LogP contribution is -2.38. The molecule has 0 aliphatic heterocycles. The van der Waals surface area contributed by atoms with Crippen LogP contribution in [-0.4, -0.2) is 34.5 Å². The van der Waals surface area contributed by atoms with E-state index in [1.165, 1.54) is 9.88 Å². The van der Waals surface area contributed by atoms with Crippen LogP contribution < -0.4 is 5.32 Å². The SMILES string of the molecule is CN=C(NCc1cnc(CC(C)C)s1)N(C)Cc1cc(Cl)cn1C. The van der Waals surface area contributed by atoms with E-state index in [9.17, 15) is 0 Å². The highest BCUT2D eigenvalue weighted by Crippen LogP contribution is 2.17. The van der Waals surface area contributed by atoms with Crippen LogP contribution >= 0.6 is 22.9 Å². The van der Waals surface area contributed by atoms with E-state index in [1.54, 1.807) is 18.4 Å². The first-order chi connectivity index (χ1) is 11.4. The highest BCUT2D eigenvalue weighted by atomic mass is 35.5. The maximum absolute atomic E-state index is 6.05. The van der Waals surface area contributed by atoms with Crippen molar-refractivity contribution < 1.29 is 0 Å². The topological polar surface area (TPSA) is 45.5 Å². The summed E-state index contributed by atoms with van der Waals surface area (Å²) in [5.74, 6) is 1.49. The van der Waals surface area contributed by atoms with E-state index in [4.69, 9.17) is 11.6 Å². The number of thiazole rings is 1. The van der Waals surface area contributed by atoms with Crippen LogP contribution in [0.3, 0.4) is 0 Å². The van der Waals surface area contributed by atoms with Gasteiger partial charge in [0.15, 0.2) is 5.96 Å². The summed E-state index contributed by atoms with van der Waals surface area (Å²) in [5.41, 5.74) is 1.14. The van der Waals surface area contributed by atoms with Gasteiger partial charge < -0.3 is 14.8 Å². The number of rotatable bonds is 6. The van der Waals surface area contributed by atoms with Crippen molar-refractivity contribution in [3.8, 4) is 0 Å². The lowest BCUT2D eigenvalue weighted by Gasteiger charge is -2.22. The molecule has 7 heteroatoms. The fourth-order valence-electron chi connectivity index (χ4n) is 2.47. The second-order valence-electron chi connectivity index (χ2n) is 6.34. The number of aliphatic imine (C=N–C) groups is 1. The standard InChI is InChI=1S/C17H26ClN5S/c1-12(2)6-16-20-8-15(24-16)9-21-17(19-3)23(5)11-14-7-13(18)10-22(14)4/h7-8,10,12H,6,9,11H2,1-5H3,(H,19,21). The predicted octanol–water partition coefficient (Wildman–Crippen LogP) is 3.54. The first-order valence-corrected chi connectivity index (χ1v) is 9.24. The second-order valence-corrected chi connectivity index (χ2v) is 7.97. The molecule has 0 spiro atoms. The summed E-state index contributed by atoms with van der Waals surface area (Å²) in [7, 11) is 5.82. The third-order valence-electron chi connectivity index (χ3n) is 3.65.